The molecule has 2 rings (SSSR count). The van der Waals surface area contributed by atoms with Crippen LogP contribution >= 0.6 is 11.6 Å². The van der Waals surface area contributed by atoms with E-state index in [9.17, 15) is 5.11 Å². The van der Waals surface area contributed by atoms with Crippen LogP contribution in [0.3, 0.4) is 0 Å². The third-order valence-electron chi connectivity index (χ3n) is 3.17. The van der Waals surface area contributed by atoms with Crippen molar-refractivity contribution in [2.24, 2.45) is 0 Å². The van der Waals surface area contributed by atoms with Crippen molar-refractivity contribution in [3.63, 3.8) is 0 Å². The largest absolute Gasteiger partial charge is 0.496 e. The molecule has 1 atom stereocenters. The van der Waals surface area contributed by atoms with Crippen LogP contribution in [0.2, 0.25) is 5.02 Å². The first kappa shape index (κ1) is 14.7. The van der Waals surface area contributed by atoms with E-state index in [4.69, 9.17) is 21.1 Å². The SMILES string of the molecule is COc1cccc(OC)c1C(O)Cc1ccccc1Cl. The number of halogens is 1. The number of benzene rings is 2. The Morgan fingerprint density at radius 2 is 1.60 bits per heavy atom. The van der Waals surface area contributed by atoms with Gasteiger partial charge < -0.3 is 14.6 Å². The lowest BCUT2D eigenvalue weighted by Crippen LogP contribution is -2.06. The van der Waals surface area contributed by atoms with Crippen LogP contribution in [0, 0.1) is 0 Å². The Morgan fingerprint density at radius 3 is 2.15 bits per heavy atom. The van der Waals surface area contributed by atoms with Crippen LogP contribution in [0.1, 0.15) is 17.2 Å². The van der Waals surface area contributed by atoms with Gasteiger partial charge in [0.25, 0.3) is 0 Å². The minimum atomic E-state index is -0.749. The first-order valence-corrected chi connectivity index (χ1v) is 6.67. The first-order chi connectivity index (χ1) is 9.67. The van der Waals surface area contributed by atoms with E-state index < -0.39 is 6.10 Å². The lowest BCUT2D eigenvalue weighted by molar-refractivity contribution is 0.169. The molecular formula is C16H17ClO3. The Hall–Kier alpha value is -1.71. The topological polar surface area (TPSA) is 38.7 Å². The molecule has 0 fully saturated rings. The van der Waals surface area contributed by atoms with Gasteiger partial charge in [0.1, 0.15) is 11.5 Å². The second-order valence-electron chi connectivity index (χ2n) is 4.39. The van der Waals surface area contributed by atoms with Gasteiger partial charge in [-0.2, -0.15) is 0 Å². The molecular weight excluding hydrogens is 276 g/mol. The van der Waals surface area contributed by atoms with E-state index in [1.54, 1.807) is 26.4 Å². The molecule has 0 spiro atoms. The number of aliphatic hydroxyl groups is 1. The highest BCUT2D eigenvalue weighted by atomic mass is 35.5. The van der Waals surface area contributed by atoms with E-state index >= 15 is 0 Å². The summed E-state index contributed by atoms with van der Waals surface area (Å²) >= 11 is 6.13. The second-order valence-corrected chi connectivity index (χ2v) is 4.79. The number of methoxy groups -OCH3 is 2. The van der Waals surface area contributed by atoms with Crippen LogP contribution in [0.5, 0.6) is 11.5 Å². The molecule has 0 aliphatic heterocycles. The highest BCUT2D eigenvalue weighted by Crippen LogP contribution is 2.36. The summed E-state index contributed by atoms with van der Waals surface area (Å²) in [6.07, 6.45) is -0.350. The van der Waals surface area contributed by atoms with Crippen molar-refractivity contribution in [2.45, 2.75) is 12.5 Å². The molecule has 0 saturated heterocycles. The Balaban J connectivity index is 2.34. The van der Waals surface area contributed by atoms with Crippen LogP contribution in [0.4, 0.5) is 0 Å². The van der Waals surface area contributed by atoms with Gasteiger partial charge in [0.15, 0.2) is 0 Å². The van der Waals surface area contributed by atoms with Crippen molar-refractivity contribution in [2.75, 3.05) is 14.2 Å². The van der Waals surface area contributed by atoms with Crippen molar-refractivity contribution >= 4 is 11.6 Å². The number of ether oxygens (including phenoxy) is 2. The second kappa shape index (κ2) is 6.64. The zero-order valence-corrected chi connectivity index (χ0v) is 12.2. The molecule has 0 saturated carbocycles. The summed E-state index contributed by atoms with van der Waals surface area (Å²) in [5, 5.41) is 11.1. The maximum atomic E-state index is 10.5. The lowest BCUT2D eigenvalue weighted by Gasteiger charge is -2.18. The molecule has 1 unspecified atom stereocenters. The fourth-order valence-corrected chi connectivity index (χ4v) is 2.40. The van der Waals surface area contributed by atoms with E-state index in [-0.39, 0.29) is 0 Å². The third kappa shape index (κ3) is 3.06. The van der Waals surface area contributed by atoms with Gasteiger partial charge in [0.05, 0.1) is 25.9 Å². The fourth-order valence-electron chi connectivity index (χ4n) is 2.18. The van der Waals surface area contributed by atoms with Gasteiger partial charge in [0.2, 0.25) is 0 Å². The fraction of sp³-hybridized carbons (Fsp3) is 0.250. The minimum absolute atomic E-state index is 0.399. The average molecular weight is 293 g/mol. The highest BCUT2D eigenvalue weighted by molar-refractivity contribution is 6.31. The maximum Gasteiger partial charge on any atom is 0.128 e. The molecule has 0 amide bonds. The highest BCUT2D eigenvalue weighted by Gasteiger charge is 2.19. The van der Waals surface area contributed by atoms with Crippen molar-refractivity contribution < 1.29 is 14.6 Å². The smallest absolute Gasteiger partial charge is 0.128 e. The molecule has 0 aliphatic carbocycles. The van der Waals surface area contributed by atoms with Crippen LogP contribution in [0.15, 0.2) is 42.5 Å². The van der Waals surface area contributed by atoms with Gasteiger partial charge in [-0.1, -0.05) is 35.9 Å². The van der Waals surface area contributed by atoms with Crippen LogP contribution in [-0.2, 0) is 6.42 Å². The van der Waals surface area contributed by atoms with E-state index in [0.717, 1.165) is 5.56 Å². The predicted molar refractivity (Wildman–Crippen MR) is 79.7 cm³/mol. The molecule has 3 nitrogen and oxygen atoms in total. The Labute approximate surface area is 123 Å². The summed E-state index contributed by atoms with van der Waals surface area (Å²) in [5.41, 5.74) is 1.52. The predicted octanol–water partition coefficient (Wildman–Crippen LogP) is 3.63. The summed E-state index contributed by atoms with van der Waals surface area (Å²) in [7, 11) is 3.14. The van der Waals surface area contributed by atoms with E-state index in [1.165, 1.54) is 0 Å². The molecule has 0 radical (unpaired) electrons. The number of hydrogen-bond acceptors (Lipinski definition) is 3. The quantitative estimate of drug-likeness (QED) is 0.914. The molecule has 0 aliphatic rings. The van der Waals surface area contributed by atoms with Gasteiger partial charge in [-0.25, -0.2) is 0 Å². The van der Waals surface area contributed by atoms with Crippen LogP contribution < -0.4 is 9.47 Å². The number of aliphatic hydroxyl groups excluding tert-OH is 1. The number of rotatable bonds is 5. The first-order valence-electron chi connectivity index (χ1n) is 6.29. The zero-order valence-electron chi connectivity index (χ0n) is 11.5. The molecule has 0 heterocycles. The van der Waals surface area contributed by atoms with Crippen molar-refractivity contribution in [3.8, 4) is 11.5 Å². The molecule has 1 N–H and O–H groups in total. The summed E-state index contributed by atoms with van der Waals surface area (Å²) in [4.78, 5) is 0. The zero-order chi connectivity index (χ0) is 14.5. The lowest BCUT2D eigenvalue weighted by atomic mass is 9.99. The van der Waals surface area contributed by atoms with E-state index in [2.05, 4.69) is 0 Å². The average Bonchev–Trinajstić information content (AvgIpc) is 2.48. The molecule has 0 bridgehead atoms. The van der Waals surface area contributed by atoms with E-state index in [0.29, 0.717) is 28.5 Å². The molecule has 20 heavy (non-hydrogen) atoms. The van der Waals surface area contributed by atoms with Crippen molar-refractivity contribution in [3.05, 3.63) is 58.6 Å². The van der Waals surface area contributed by atoms with Gasteiger partial charge >= 0.3 is 0 Å². The third-order valence-corrected chi connectivity index (χ3v) is 3.54. The van der Waals surface area contributed by atoms with Gasteiger partial charge in [-0.15, -0.1) is 0 Å². The molecule has 2 aromatic rings. The normalized spacial score (nSPS) is 12.0. The van der Waals surface area contributed by atoms with Crippen molar-refractivity contribution in [1.29, 1.82) is 0 Å². The molecule has 4 heteroatoms. The van der Waals surface area contributed by atoms with Crippen LogP contribution in [-0.4, -0.2) is 19.3 Å². The maximum absolute atomic E-state index is 10.5. The summed E-state index contributed by atoms with van der Waals surface area (Å²) in [6.45, 7) is 0. The van der Waals surface area contributed by atoms with Crippen LogP contribution in [0.25, 0.3) is 0 Å². The summed E-state index contributed by atoms with van der Waals surface area (Å²) in [6, 6.07) is 12.9. The van der Waals surface area contributed by atoms with Gasteiger partial charge in [-0.05, 0) is 23.8 Å². The van der Waals surface area contributed by atoms with Gasteiger partial charge in [0, 0.05) is 11.4 Å². The minimum Gasteiger partial charge on any atom is -0.496 e. The monoisotopic (exact) mass is 292 g/mol. The van der Waals surface area contributed by atoms with E-state index in [1.807, 2.05) is 30.3 Å². The Morgan fingerprint density at radius 1 is 1.00 bits per heavy atom. The molecule has 2 aromatic carbocycles. The summed E-state index contributed by atoms with van der Waals surface area (Å²) in [5.74, 6) is 1.20. The van der Waals surface area contributed by atoms with Gasteiger partial charge in [-0.3, -0.25) is 0 Å². The molecule has 106 valence electrons. The molecule has 0 aromatic heterocycles. The standard InChI is InChI=1S/C16H17ClO3/c1-19-14-8-5-9-15(20-2)16(14)13(18)10-11-6-3-4-7-12(11)17/h3-9,13,18H,10H2,1-2H3. The Kier molecular flexibility index (Phi) is 4.88. The Bertz CT molecular complexity index is 561. The van der Waals surface area contributed by atoms with Crippen molar-refractivity contribution in [1.82, 2.24) is 0 Å². The number of hydrogen-bond donors (Lipinski definition) is 1. The summed E-state index contributed by atoms with van der Waals surface area (Å²) < 4.78 is 10.6.